The molecule has 1 unspecified atom stereocenters. The van der Waals surface area contributed by atoms with E-state index in [4.69, 9.17) is 0 Å². The van der Waals surface area contributed by atoms with Crippen molar-refractivity contribution in [2.24, 2.45) is 17.8 Å². The minimum absolute atomic E-state index is 0.416. The van der Waals surface area contributed by atoms with Gasteiger partial charge in [-0.3, -0.25) is 0 Å². The Kier molecular flexibility index (Phi) is 5.45. The summed E-state index contributed by atoms with van der Waals surface area (Å²) in [6, 6.07) is 4.39. The van der Waals surface area contributed by atoms with Crippen LogP contribution in [-0.4, -0.2) is 15.5 Å². The minimum atomic E-state index is 0.416. The van der Waals surface area contributed by atoms with Gasteiger partial charge in [0.05, 0.1) is 0 Å². The Bertz CT molecular complexity index is 721. The molecular weight excluding hydrogens is 388 g/mol. The number of hydrogen-bond donors (Lipinski definition) is 2. The van der Waals surface area contributed by atoms with E-state index in [-0.39, 0.29) is 0 Å². The van der Waals surface area contributed by atoms with Gasteiger partial charge in [0.2, 0.25) is 0 Å². The van der Waals surface area contributed by atoms with Gasteiger partial charge in [0.25, 0.3) is 0 Å². The Morgan fingerprint density at radius 1 is 1.08 bits per heavy atom. The molecular formula is C23H29BrO2. The van der Waals surface area contributed by atoms with E-state index in [9.17, 15) is 10.2 Å². The summed E-state index contributed by atoms with van der Waals surface area (Å²) in [6.45, 7) is 0. The number of aryl methyl sites for hydroxylation is 1. The Morgan fingerprint density at radius 2 is 1.92 bits per heavy atom. The lowest BCUT2D eigenvalue weighted by atomic mass is 9.59. The zero-order chi connectivity index (χ0) is 18.1. The van der Waals surface area contributed by atoms with E-state index < -0.39 is 0 Å². The first-order chi connectivity index (χ1) is 12.7. The van der Waals surface area contributed by atoms with Gasteiger partial charge in [-0.15, -0.1) is 0 Å². The molecule has 140 valence electrons. The molecule has 0 amide bonds. The third-order valence-electron chi connectivity index (χ3n) is 6.81. The molecule has 3 aliphatic carbocycles. The van der Waals surface area contributed by atoms with Crippen LogP contribution in [0.5, 0.6) is 5.75 Å². The van der Waals surface area contributed by atoms with Gasteiger partial charge in [0.15, 0.2) is 0 Å². The Morgan fingerprint density at radius 3 is 2.69 bits per heavy atom. The van der Waals surface area contributed by atoms with E-state index in [0.717, 1.165) is 36.6 Å². The number of halogens is 1. The van der Waals surface area contributed by atoms with Gasteiger partial charge < -0.3 is 10.2 Å². The fraction of sp³-hybridized carbons (Fsp3) is 0.565. The predicted molar refractivity (Wildman–Crippen MR) is 110 cm³/mol. The summed E-state index contributed by atoms with van der Waals surface area (Å²) in [4.78, 5) is 0. The highest BCUT2D eigenvalue weighted by molar-refractivity contribution is 9.09. The molecule has 0 aromatic heterocycles. The Balaban J connectivity index is 1.67. The number of aromatic hydroxyl groups is 1. The van der Waals surface area contributed by atoms with Gasteiger partial charge >= 0.3 is 0 Å². The van der Waals surface area contributed by atoms with Crippen molar-refractivity contribution < 1.29 is 10.2 Å². The van der Waals surface area contributed by atoms with Gasteiger partial charge in [-0.25, -0.2) is 0 Å². The van der Waals surface area contributed by atoms with Gasteiger partial charge in [0, 0.05) is 5.33 Å². The van der Waals surface area contributed by atoms with Crippen molar-refractivity contribution >= 4 is 15.9 Å². The largest absolute Gasteiger partial charge is 0.508 e. The minimum Gasteiger partial charge on any atom is -0.508 e. The molecule has 3 heteroatoms. The third kappa shape index (κ3) is 3.47. The van der Waals surface area contributed by atoms with Crippen LogP contribution in [0.15, 0.2) is 36.1 Å². The summed E-state index contributed by atoms with van der Waals surface area (Å²) in [5.74, 6) is 3.41. The second-order valence-electron chi connectivity index (χ2n) is 8.28. The topological polar surface area (TPSA) is 40.5 Å². The van der Waals surface area contributed by atoms with E-state index in [2.05, 4.69) is 34.1 Å². The first kappa shape index (κ1) is 18.2. The van der Waals surface area contributed by atoms with Crippen LogP contribution in [0.2, 0.25) is 0 Å². The van der Waals surface area contributed by atoms with Crippen LogP contribution < -0.4 is 0 Å². The molecule has 1 saturated carbocycles. The predicted octanol–water partition coefficient (Wildman–Crippen LogP) is 6.18. The molecule has 0 spiro atoms. The van der Waals surface area contributed by atoms with E-state index in [1.807, 2.05) is 12.2 Å². The third-order valence-corrected chi connectivity index (χ3v) is 7.37. The number of benzene rings is 1. The zero-order valence-electron chi connectivity index (χ0n) is 15.3. The maximum atomic E-state index is 10.6. The molecule has 1 aromatic rings. The van der Waals surface area contributed by atoms with Crippen molar-refractivity contribution in [3.8, 4) is 5.75 Å². The number of aliphatic hydroxyl groups excluding tert-OH is 1. The van der Waals surface area contributed by atoms with Gasteiger partial charge in [0.1, 0.15) is 11.5 Å². The summed E-state index contributed by atoms with van der Waals surface area (Å²) in [6.07, 6.45) is 15.4. The van der Waals surface area contributed by atoms with Crippen LogP contribution >= 0.6 is 15.9 Å². The van der Waals surface area contributed by atoms with E-state index in [1.54, 1.807) is 0 Å². The average Bonchev–Trinajstić information content (AvgIpc) is 2.67. The van der Waals surface area contributed by atoms with Crippen LogP contribution in [0, 0.1) is 17.8 Å². The molecule has 2 nitrogen and oxygen atoms in total. The highest BCUT2D eigenvalue weighted by Gasteiger charge is 2.41. The fourth-order valence-corrected chi connectivity index (χ4v) is 5.84. The molecule has 3 aliphatic rings. The fourth-order valence-electron chi connectivity index (χ4n) is 5.56. The molecule has 0 heterocycles. The van der Waals surface area contributed by atoms with Crippen molar-refractivity contribution in [2.45, 2.75) is 57.3 Å². The molecule has 4 atom stereocenters. The first-order valence-electron chi connectivity index (χ1n) is 10.2. The second-order valence-corrected chi connectivity index (χ2v) is 9.08. The molecule has 0 saturated heterocycles. The number of aliphatic hydroxyl groups is 1. The van der Waals surface area contributed by atoms with Crippen molar-refractivity contribution in [1.82, 2.24) is 0 Å². The second kappa shape index (κ2) is 7.80. The van der Waals surface area contributed by atoms with Crippen LogP contribution in [0.3, 0.4) is 0 Å². The van der Waals surface area contributed by atoms with E-state index >= 15 is 0 Å². The van der Waals surface area contributed by atoms with Crippen LogP contribution in [0.25, 0.3) is 0 Å². The summed E-state index contributed by atoms with van der Waals surface area (Å²) < 4.78 is 0. The van der Waals surface area contributed by atoms with Crippen molar-refractivity contribution in [3.05, 3.63) is 52.8 Å². The van der Waals surface area contributed by atoms with Crippen molar-refractivity contribution in [2.75, 3.05) is 5.33 Å². The van der Waals surface area contributed by atoms with Crippen molar-refractivity contribution in [1.29, 1.82) is 0 Å². The maximum Gasteiger partial charge on any atom is 0.119 e. The first-order valence-corrected chi connectivity index (χ1v) is 11.3. The number of rotatable bonds is 4. The van der Waals surface area contributed by atoms with Crippen LogP contribution in [-0.2, 0) is 12.8 Å². The van der Waals surface area contributed by atoms with Crippen molar-refractivity contribution in [3.63, 3.8) is 0 Å². The lowest BCUT2D eigenvalue weighted by molar-refractivity contribution is 0.155. The van der Waals surface area contributed by atoms with Gasteiger partial charge in [-0.1, -0.05) is 40.9 Å². The molecule has 26 heavy (non-hydrogen) atoms. The standard InChI is InChI=1S/C23H29BrO2/c24-11-3-4-16-12-17-13-21(15-7-9-18(25)10-8-15)19-5-1-2-6-20(19)22(17)14-23(16)26/h7,9-10,12,14-15,19-21,25-26H,1-6,8,11,13H2/t15?,19-,20+,21-/m0/s1. The summed E-state index contributed by atoms with van der Waals surface area (Å²) in [5.41, 5.74) is 3.99. The molecule has 0 radical (unpaired) electrons. The SMILES string of the molecule is OC1=CCC([C@@H]2Cc3cc(CCCBr)c(O)cc3[C@@H]3CCCC[C@@H]32)C=C1. The Labute approximate surface area is 165 Å². The van der Waals surface area contributed by atoms with Crippen LogP contribution in [0.1, 0.15) is 61.1 Å². The lowest BCUT2D eigenvalue weighted by Gasteiger charge is -2.45. The zero-order valence-corrected chi connectivity index (χ0v) is 16.9. The Hall–Kier alpha value is -1.22. The quantitative estimate of drug-likeness (QED) is 0.574. The number of allylic oxidation sites excluding steroid dienone is 3. The number of hydrogen-bond acceptors (Lipinski definition) is 2. The smallest absolute Gasteiger partial charge is 0.119 e. The number of phenols is 1. The van der Waals surface area contributed by atoms with Crippen LogP contribution in [0.4, 0.5) is 0 Å². The highest BCUT2D eigenvalue weighted by Crippen LogP contribution is 2.52. The van der Waals surface area contributed by atoms with E-state index in [0.29, 0.717) is 35.2 Å². The summed E-state index contributed by atoms with van der Waals surface area (Å²) in [7, 11) is 0. The number of alkyl halides is 1. The van der Waals surface area contributed by atoms with Gasteiger partial charge in [-0.05, 0) is 97.1 Å². The average molecular weight is 417 g/mol. The van der Waals surface area contributed by atoms with Gasteiger partial charge in [-0.2, -0.15) is 0 Å². The molecule has 1 fully saturated rings. The van der Waals surface area contributed by atoms with E-state index in [1.165, 1.54) is 36.8 Å². The number of fused-ring (bicyclic) bond motifs is 3. The molecule has 0 aliphatic heterocycles. The maximum absolute atomic E-state index is 10.6. The molecule has 4 rings (SSSR count). The monoisotopic (exact) mass is 416 g/mol. The molecule has 1 aromatic carbocycles. The summed E-state index contributed by atoms with van der Waals surface area (Å²) >= 11 is 3.50. The highest BCUT2D eigenvalue weighted by atomic mass is 79.9. The molecule has 2 N–H and O–H groups in total. The normalized spacial score (nSPS) is 30.4. The summed E-state index contributed by atoms with van der Waals surface area (Å²) in [5, 5.41) is 21.2. The lowest BCUT2D eigenvalue weighted by Crippen LogP contribution is -2.36. The number of phenolic OH excluding ortho intramolecular Hbond substituents is 1. The molecule has 0 bridgehead atoms.